The fourth-order valence-electron chi connectivity index (χ4n) is 5.22. The van der Waals surface area contributed by atoms with Crippen LogP contribution < -0.4 is 0 Å². The summed E-state index contributed by atoms with van der Waals surface area (Å²) in [6, 6.07) is 4.81. The topological polar surface area (TPSA) is 51.8 Å². The minimum Gasteiger partial charge on any atom is -0.456 e. The van der Waals surface area contributed by atoms with Crippen molar-refractivity contribution in [2.24, 2.45) is 0 Å². The Labute approximate surface area is 295 Å². The van der Waals surface area contributed by atoms with E-state index in [0.29, 0.717) is 11.1 Å². The van der Waals surface area contributed by atoms with Gasteiger partial charge in [-0.15, -0.1) is 0 Å². The van der Waals surface area contributed by atoms with Gasteiger partial charge in [-0.2, -0.15) is 0 Å². The Kier molecular flexibility index (Phi) is 3.53. The van der Waals surface area contributed by atoms with Crippen molar-refractivity contribution >= 4 is 32.7 Å². The summed E-state index contributed by atoms with van der Waals surface area (Å²) >= 11 is 0. The van der Waals surface area contributed by atoms with E-state index in [0.717, 1.165) is 0 Å². The summed E-state index contributed by atoms with van der Waals surface area (Å²) in [5, 5.41) is -1.49. The van der Waals surface area contributed by atoms with Gasteiger partial charge in [-0.3, -0.25) is 0 Å². The quantitative estimate of drug-likeness (QED) is 0.193. The zero-order valence-electron chi connectivity index (χ0n) is 41.0. The molecule has 0 amide bonds. The largest absolute Gasteiger partial charge is 0.456 e. The van der Waals surface area contributed by atoms with Gasteiger partial charge in [0.05, 0.1) is 23.3 Å². The second-order valence-electron chi connectivity index (χ2n) is 10.3. The Morgan fingerprint density at radius 1 is 0.426 bits per heavy atom. The van der Waals surface area contributed by atoms with Gasteiger partial charge < -0.3 is 4.42 Å². The molecule has 9 aromatic rings. The molecule has 0 bridgehead atoms. The van der Waals surface area contributed by atoms with Gasteiger partial charge in [0.15, 0.2) is 17.5 Å². The second kappa shape index (κ2) is 11.2. The summed E-state index contributed by atoms with van der Waals surface area (Å²) in [5.74, 6) is -0.0481. The highest BCUT2D eigenvalue weighted by molar-refractivity contribution is 6.16. The molecule has 0 atom stereocenters. The standard InChI is InChI=1S/C43H27N3O/c1-4-13-28(14-5-1)31-21-12-22-34(23-31)36-25-35(27-39-40(36)37-24-32-19-10-11-20-33(32)26-38(37)47-39)43-45-41(29-15-6-2-7-16-29)44-42(46-43)30-17-8-3-9-18-30/h1-27H/i1D,4D,5D,10D,11D,12D,13D,14D,19D,20D,21D,22D,23D,24D,25D,26D,27D. The number of rotatable bonds is 5. The molecule has 9 rings (SSSR count). The lowest BCUT2D eigenvalue weighted by atomic mass is 9.93. The Bertz CT molecular complexity index is 3440. The third-order valence-corrected chi connectivity index (χ3v) is 7.37. The van der Waals surface area contributed by atoms with Crippen molar-refractivity contribution < 1.29 is 27.7 Å². The molecule has 0 N–H and O–H groups in total. The molecule has 0 radical (unpaired) electrons. The van der Waals surface area contributed by atoms with Gasteiger partial charge in [0.1, 0.15) is 11.2 Å². The maximum Gasteiger partial charge on any atom is 0.164 e. The predicted octanol–water partition coefficient (Wildman–Crippen LogP) is 11.3. The average molecular weight is 619 g/mol. The zero-order chi connectivity index (χ0) is 46.0. The van der Waals surface area contributed by atoms with Crippen LogP contribution in [0.1, 0.15) is 23.3 Å². The summed E-state index contributed by atoms with van der Waals surface area (Å²) in [6.45, 7) is 0. The maximum atomic E-state index is 9.98. The molecule has 0 unspecified atom stereocenters. The van der Waals surface area contributed by atoms with E-state index in [2.05, 4.69) is 4.98 Å². The Hall–Kier alpha value is -6.39. The lowest BCUT2D eigenvalue weighted by molar-refractivity contribution is 0.669. The van der Waals surface area contributed by atoms with Gasteiger partial charge >= 0.3 is 0 Å². The van der Waals surface area contributed by atoms with E-state index >= 15 is 0 Å². The van der Waals surface area contributed by atoms with Crippen LogP contribution in [0.3, 0.4) is 0 Å². The number of nitrogens with zero attached hydrogens (tertiary/aromatic N) is 3. The third kappa shape index (κ3) is 4.93. The Balaban J connectivity index is 1.53. The molecule has 0 saturated heterocycles. The van der Waals surface area contributed by atoms with Crippen molar-refractivity contribution in [1.29, 1.82) is 0 Å². The highest BCUT2D eigenvalue weighted by Gasteiger charge is 2.19. The minimum atomic E-state index is -0.880. The number of hydrogen-bond acceptors (Lipinski definition) is 4. The van der Waals surface area contributed by atoms with Crippen LogP contribution in [0.15, 0.2) is 168 Å². The Morgan fingerprint density at radius 3 is 1.68 bits per heavy atom. The first kappa shape index (κ1) is 14.8. The second-order valence-corrected chi connectivity index (χ2v) is 10.3. The zero-order valence-corrected chi connectivity index (χ0v) is 24.0. The summed E-state index contributed by atoms with van der Waals surface area (Å²) in [5.41, 5.74) is -2.67. The highest BCUT2D eigenvalue weighted by Crippen LogP contribution is 2.42. The minimum absolute atomic E-state index is 0.115. The van der Waals surface area contributed by atoms with E-state index < -0.39 is 142 Å². The molecule has 0 aliphatic heterocycles. The fourth-order valence-corrected chi connectivity index (χ4v) is 5.22. The first-order valence-electron chi connectivity index (χ1n) is 22.8. The predicted molar refractivity (Wildman–Crippen MR) is 192 cm³/mol. The number of aromatic nitrogens is 3. The van der Waals surface area contributed by atoms with Crippen LogP contribution >= 0.6 is 0 Å². The smallest absolute Gasteiger partial charge is 0.164 e. The van der Waals surface area contributed by atoms with Gasteiger partial charge in [0, 0.05) is 27.5 Å². The monoisotopic (exact) mass is 618 g/mol. The van der Waals surface area contributed by atoms with E-state index in [9.17, 15) is 8.22 Å². The molecule has 4 nitrogen and oxygen atoms in total. The SMILES string of the molecule is [2H]c1c([2H])c([2H])c(-c2c([2H])c([2H])c([2H])c(-c3c([2H])c(-c4nc(-c5ccccc5)nc(-c5ccccc5)n4)c([2H])c4oc5c([2H])c6c([2H])c([2H])c([2H])c([2H])c6c([2H])c5c34)c2[2H])c([2H])c1[2H]. The molecule has 0 fully saturated rings. The van der Waals surface area contributed by atoms with Crippen molar-refractivity contribution in [2.45, 2.75) is 0 Å². The lowest BCUT2D eigenvalue weighted by Gasteiger charge is -2.12. The number of furan rings is 1. The average Bonchev–Trinajstić information content (AvgIpc) is 3.71. The number of fused-ring (bicyclic) bond motifs is 4. The Morgan fingerprint density at radius 2 is 1.00 bits per heavy atom. The van der Waals surface area contributed by atoms with Crippen LogP contribution in [-0.2, 0) is 0 Å². The normalized spacial score (nSPS) is 16.5. The summed E-state index contributed by atoms with van der Waals surface area (Å²) in [4.78, 5) is 14.1. The highest BCUT2D eigenvalue weighted by atomic mass is 16.3. The van der Waals surface area contributed by atoms with Crippen molar-refractivity contribution in [1.82, 2.24) is 15.0 Å². The van der Waals surface area contributed by atoms with E-state index in [1.165, 1.54) is 0 Å². The number of benzene rings is 7. The van der Waals surface area contributed by atoms with E-state index in [1.54, 1.807) is 60.7 Å². The molecule has 220 valence electrons. The fraction of sp³-hybridized carbons (Fsp3) is 0. The van der Waals surface area contributed by atoms with Crippen LogP contribution in [0.5, 0.6) is 0 Å². The molecule has 0 saturated carbocycles. The van der Waals surface area contributed by atoms with Crippen molar-refractivity contribution in [3.05, 3.63) is 163 Å². The molecule has 2 heterocycles. The van der Waals surface area contributed by atoms with Gasteiger partial charge in [-0.05, 0) is 63.2 Å². The molecule has 0 spiro atoms. The van der Waals surface area contributed by atoms with Gasteiger partial charge in [0.25, 0.3) is 0 Å². The van der Waals surface area contributed by atoms with Crippen LogP contribution in [0, 0.1) is 0 Å². The van der Waals surface area contributed by atoms with Crippen LogP contribution in [0.4, 0.5) is 0 Å². The van der Waals surface area contributed by atoms with Crippen molar-refractivity contribution in [2.75, 3.05) is 0 Å². The van der Waals surface area contributed by atoms with Crippen molar-refractivity contribution in [3.8, 4) is 56.4 Å². The van der Waals surface area contributed by atoms with E-state index in [4.69, 9.17) is 29.5 Å². The summed E-state index contributed by atoms with van der Waals surface area (Å²) < 4.78 is 158. The molecular weight excluding hydrogens is 574 g/mol. The van der Waals surface area contributed by atoms with Crippen LogP contribution in [-0.4, -0.2) is 15.0 Å². The maximum absolute atomic E-state index is 9.98. The summed E-state index contributed by atoms with van der Waals surface area (Å²) in [6.07, 6.45) is 0. The molecule has 47 heavy (non-hydrogen) atoms. The van der Waals surface area contributed by atoms with Crippen LogP contribution in [0.25, 0.3) is 89.1 Å². The van der Waals surface area contributed by atoms with Gasteiger partial charge in [0.2, 0.25) is 0 Å². The molecule has 0 aliphatic rings. The molecule has 7 aromatic carbocycles. The molecule has 0 aliphatic carbocycles. The van der Waals surface area contributed by atoms with Crippen LogP contribution in [0.2, 0.25) is 0 Å². The van der Waals surface area contributed by atoms with E-state index in [-0.39, 0.29) is 39.2 Å². The third-order valence-electron chi connectivity index (χ3n) is 7.37. The van der Waals surface area contributed by atoms with Crippen molar-refractivity contribution in [3.63, 3.8) is 0 Å². The van der Waals surface area contributed by atoms with Gasteiger partial charge in [-0.25, -0.2) is 15.0 Å². The first-order valence-corrected chi connectivity index (χ1v) is 14.3. The van der Waals surface area contributed by atoms with E-state index in [1.807, 2.05) is 0 Å². The molecule has 2 aromatic heterocycles. The number of hydrogen-bond donors (Lipinski definition) is 0. The molecular formula is C43H27N3O. The lowest BCUT2D eigenvalue weighted by Crippen LogP contribution is -2.00. The van der Waals surface area contributed by atoms with Gasteiger partial charge in [-0.1, -0.05) is 133 Å². The summed E-state index contributed by atoms with van der Waals surface area (Å²) in [7, 11) is 0. The first-order chi connectivity index (χ1) is 30.4. The molecule has 4 heteroatoms.